The Morgan fingerprint density at radius 1 is 0.559 bits per heavy atom. The minimum absolute atomic E-state index is 0.210. The zero-order chi connectivity index (χ0) is 24.8. The van der Waals surface area contributed by atoms with Crippen molar-refractivity contribution in [2.24, 2.45) is 0 Å². The van der Waals surface area contributed by atoms with E-state index in [4.69, 9.17) is 28.4 Å². The molecule has 0 aliphatic heterocycles. The van der Waals surface area contributed by atoms with Crippen LogP contribution in [0.3, 0.4) is 0 Å². The fourth-order valence-corrected chi connectivity index (χ4v) is 3.56. The third-order valence-electron chi connectivity index (χ3n) is 5.63. The molecule has 0 heterocycles. The van der Waals surface area contributed by atoms with Crippen LogP contribution in [-0.2, 0) is 41.6 Å². The number of hydrogen-bond donors (Lipinski definition) is 2. The largest absolute Gasteiger partial charge is 0.388 e. The second-order valence-corrected chi connectivity index (χ2v) is 7.92. The van der Waals surface area contributed by atoms with Crippen LogP contribution in [0.4, 0.5) is 0 Å². The molecule has 8 nitrogen and oxygen atoms in total. The number of ether oxygens (including phenoxy) is 6. The van der Waals surface area contributed by atoms with Gasteiger partial charge in [-0.3, -0.25) is 0 Å². The average molecular weight is 479 g/mol. The summed E-state index contributed by atoms with van der Waals surface area (Å²) in [5, 5.41) is 22.3. The van der Waals surface area contributed by atoms with E-state index in [9.17, 15) is 10.2 Å². The van der Waals surface area contributed by atoms with Crippen LogP contribution in [0.2, 0.25) is 0 Å². The lowest BCUT2D eigenvalue weighted by Gasteiger charge is -2.34. The minimum Gasteiger partial charge on any atom is -0.388 e. The Morgan fingerprint density at radius 3 is 1.18 bits per heavy atom. The van der Waals surface area contributed by atoms with E-state index in [0.29, 0.717) is 0 Å². The number of rotatable bonds is 17. The normalized spacial score (nSPS) is 15.4. The molecule has 4 atom stereocenters. The van der Waals surface area contributed by atoms with Gasteiger partial charge in [-0.2, -0.15) is 0 Å². The summed E-state index contributed by atoms with van der Waals surface area (Å²) in [5.74, 6) is 0. The third kappa shape index (κ3) is 9.40. The van der Waals surface area contributed by atoms with Gasteiger partial charge in [-0.05, 0) is 11.1 Å². The molecule has 2 rings (SSSR count). The highest BCUT2D eigenvalue weighted by Gasteiger charge is 2.36. The van der Waals surface area contributed by atoms with Crippen LogP contribution in [-0.4, -0.2) is 75.6 Å². The SMILES string of the molecule is COC(C[C@@H](OCc1ccccc1)[C@H](O)[C@@H](O)[C@@H](CC(OC)OC)OCc1ccccc1)OC. The van der Waals surface area contributed by atoms with Crippen molar-refractivity contribution in [3.05, 3.63) is 71.8 Å². The molecule has 0 radical (unpaired) electrons. The first kappa shape index (κ1) is 28.4. The van der Waals surface area contributed by atoms with E-state index in [0.717, 1.165) is 11.1 Å². The predicted molar refractivity (Wildman–Crippen MR) is 127 cm³/mol. The molecule has 0 spiro atoms. The summed E-state index contributed by atoms with van der Waals surface area (Å²) < 4.78 is 33.3. The van der Waals surface area contributed by atoms with Gasteiger partial charge in [0.15, 0.2) is 12.6 Å². The van der Waals surface area contributed by atoms with Crippen LogP contribution in [0.5, 0.6) is 0 Å². The van der Waals surface area contributed by atoms with Gasteiger partial charge in [-0.1, -0.05) is 60.7 Å². The maximum Gasteiger partial charge on any atom is 0.159 e. The van der Waals surface area contributed by atoms with Gasteiger partial charge in [0.05, 0.1) is 25.4 Å². The molecule has 34 heavy (non-hydrogen) atoms. The second kappa shape index (κ2) is 15.9. The van der Waals surface area contributed by atoms with Crippen LogP contribution in [0.25, 0.3) is 0 Å². The third-order valence-corrected chi connectivity index (χ3v) is 5.63. The van der Waals surface area contributed by atoms with Crippen molar-refractivity contribution in [3.63, 3.8) is 0 Å². The monoisotopic (exact) mass is 478 g/mol. The Labute approximate surface area is 202 Å². The Hall–Kier alpha value is -1.88. The van der Waals surface area contributed by atoms with Crippen molar-refractivity contribution < 1.29 is 38.6 Å². The molecule has 0 aliphatic carbocycles. The molecule has 2 aromatic rings. The van der Waals surface area contributed by atoms with Gasteiger partial charge in [0.1, 0.15) is 12.2 Å². The zero-order valence-corrected chi connectivity index (χ0v) is 20.4. The van der Waals surface area contributed by atoms with Crippen LogP contribution in [0, 0.1) is 0 Å². The highest BCUT2D eigenvalue weighted by atomic mass is 16.7. The first-order chi connectivity index (χ1) is 16.5. The molecule has 0 unspecified atom stereocenters. The average Bonchev–Trinajstić information content (AvgIpc) is 2.89. The van der Waals surface area contributed by atoms with Crippen molar-refractivity contribution in [1.29, 1.82) is 0 Å². The summed E-state index contributed by atoms with van der Waals surface area (Å²) in [6.07, 6.45) is -4.95. The molecule has 0 fully saturated rings. The summed E-state index contributed by atoms with van der Waals surface area (Å²) in [4.78, 5) is 0. The van der Waals surface area contributed by atoms with Gasteiger partial charge in [0.25, 0.3) is 0 Å². The summed E-state index contributed by atoms with van der Waals surface area (Å²) in [5.41, 5.74) is 1.88. The number of hydrogen-bond acceptors (Lipinski definition) is 8. The Kier molecular flexibility index (Phi) is 13.3. The summed E-state index contributed by atoms with van der Waals surface area (Å²) in [6, 6.07) is 19.2. The van der Waals surface area contributed by atoms with Gasteiger partial charge >= 0.3 is 0 Å². The first-order valence-corrected chi connectivity index (χ1v) is 11.3. The van der Waals surface area contributed by atoms with E-state index in [2.05, 4.69) is 0 Å². The maximum atomic E-state index is 11.2. The number of aliphatic hydroxyl groups excluding tert-OH is 2. The van der Waals surface area contributed by atoms with Crippen molar-refractivity contribution in [3.8, 4) is 0 Å². The van der Waals surface area contributed by atoms with Crippen molar-refractivity contribution in [2.45, 2.75) is 63.1 Å². The van der Waals surface area contributed by atoms with E-state index in [1.54, 1.807) is 0 Å². The molecule has 2 aromatic carbocycles. The predicted octanol–water partition coefficient (Wildman–Crippen LogP) is 2.90. The molecular formula is C26H38O8. The highest BCUT2D eigenvalue weighted by Crippen LogP contribution is 2.22. The fraction of sp³-hybridized carbons (Fsp3) is 0.538. The molecule has 0 aliphatic rings. The number of aliphatic hydroxyl groups is 2. The standard InChI is InChI=1S/C26H38O8/c1-29-23(30-2)15-21(33-17-19-11-7-5-8-12-19)25(27)26(28)22(16-24(31-3)32-4)34-18-20-13-9-6-10-14-20/h5-14,21-28H,15-18H2,1-4H3/t21-,22-,25+,26+/m1/s1. The molecule has 190 valence electrons. The number of benzene rings is 2. The zero-order valence-electron chi connectivity index (χ0n) is 20.4. The Bertz CT molecular complexity index is 686. The topological polar surface area (TPSA) is 95.8 Å². The van der Waals surface area contributed by atoms with E-state index in [-0.39, 0.29) is 26.1 Å². The van der Waals surface area contributed by atoms with Gasteiger partial charge in [0.2, 0.25) is 0 Å². The van der Waals surface area contributed by atoms with Gasteiger partial charge in [0, 0.05) is 41.3 Å². The van der Waals surface area contributed by atoms with Gasteiger partial charge in [-0.15, -0.1) is 0 Å². The van der Waals surface area contributed by atoms with Gasteiger partial charge < -0.3 is 38.6 Å². The fourth-order valence-electron chi connectivity index (χ4n) is 3.56. The molecule has 0 amide bonds. The Morgan fingerprint density at radius 2 is 0.882 bits per heavy atom. The second-order valence-electron chi connectivity index (χ2n) is 7.92. The van der Waals surface area contributed by atoms with Crippen LogP contribution in [0.1, 0.15) is 24.0 Å². The lowest BCUT2D eigenvalue weighted by Crippen LogP contribution is -2.48. The lowest BCUT2D eigenvalue weighted by atomic mass is 9.98. The summed E-state index contributed by atoms with van der Waals surface area (Å²) in [6.45, 7) is 0.507. The van der Waals surface area contributed by atoms with E-state index in [1.807, 2.05) is 60.7 Å². The molecule has 0 saturated carbocycles. The summed E-state index contributed by atoms with van der Waals surface area (Å²) in [7, 11) is 6.05. The van der Waals surface area contributed by atoms with E-state index < -0.39 is 37.0 Å². The summed E-state index contributed by atoms with van der Waals surface area (Å²) >= 11 is 0. The lowest BCUT2D eigenvalue weighted by molar-refractivity contribution is -0.192. The molecule has 0 saturated heterocycles. The van der Waals surface area contributed by atoms with Gasteiger partial charge in [-0.25, -0.2) is 0 Å². The van der Waals surface area contributed by atoms with Crippen LogP contribution in [0.15, 0.2) is 60.7 Å². The molecule has 0 aromatic heterocycles. The molecular weight excluding hydrogens is 440 g/mol. The van der Waals surface area contributed by atoms with Crippen molar-refractivity contribution in [2.75, 3.05) is 28.4 Å². The molecule has 8 heteroatoms. The van der Waals surface area contributed by atoms with Crippen LogP contribution >= 0.6 is 0 Å². The molecule has 2 N–H and O–H groups in total. The maximum absolute atomic E-state index is 11.2. The quantitative estimate of drug-likeness (QED) is 0.335. The minimum atomic E-state index is -1.29. The van der Waals surface area contributed by atoms with E-state index in [1.165, 1.54) is 28.4 Å². The number of methoxy groups -OCH3 is 4. The highest BCUT2D eigenvalue weighted by molar-refractivity contribution is 5.14. The molecule has 0 bridgehead atoms. The Balaban J connectivity index is 2.16. The first-order valence-electron chi connectivity index (χ1n) is 11.3. The van der Waals surface area contributed by atoms with Crippen LogP contribution < -0.4 is 0 Å². The van der Waals surface area contributed by atoms with Crippen molar-refractivity contribution in [1.82, 2.24) is 0 Å². The van der Waals surface area contributed by atoms with E-state index >= 15 is 0 Å². The smallest absolute Gasteiger partial charge is 0.159 e. The van der Waals surface area contributed by atoms with Crippen molar-refractivity contribution >= 4 is 0 Å².